The third-order valence-electron chi connectivity index (χ3n) is 2.07. The molecule has 0 aliphatic heterocycles. The van der Waals surface area contributed by atoms with Gasteiger partial charge in [-0.2, -0.15) is 0 Å². The number of para-hydroxylation sites is 1. The van der Waals surface area contributed by atoms with Crippen LogP contribution in [-0.2, 0) is 6.42 Å². The Bertz CT molecular complexity index is 289. The van der Waals surface area contributed by atoms with Crippen LogP contribution in [0.1, 0.15) is 24.5 Å². The average Bonchev–Trinajstić information content (AvgIpc) is 2.18. The highest BCUT2D eigenvalue weighted by Crippen LogP contribution is 2.25. The quantitative estimate of drug-likeness (QED) is 0.684. The molecule has 0 amide bonds. The summed E-state index contributed by atoms with van der Waals surface area (Å²) in [4.78, 5) is 0. The van der Waals surface area contributed by atoms with Crippen LogP contribution < -0.4 is 4.74 Å². The van der Waals surface area contributed by atoms with Crippen LogP contribution in [0.4, 0.5) is 0 Å². The van der Waals surface area contributed by atoms with Crippen molar-refractivity contribution in [3.05, 3.63) is 35.9 Å². The largest absolute Gasteiger partial charge is 0.496 e. The molecular formula is C12H16O. The monoisotopic (exact) mass is 176 g/mol. The van der Waals surface area contributed by atoms with E-state index in [9.17, 15) is 0 Å². The van der Waals surface area contributed by atoms with Crippen LogP contribution >= 0.6 is 0 Å². The molecule has 0 N–H and O–H groups in total. The van der Waals surface area contributed by atoms with Gasteiger partial charge in [0.1, 0.15) is 5.75 Å². The Hall–Kier alpha value is -1.24. The number of methoxy groups -OCH3 is 1. The van der Waals surface area contributed by atoms with Crippen LogP contribution in [0.15, 0.2) is 24.8 Å². The van der Waals surface area contributed by atoms with Crippen molar-refractivity contribution in [1.29, 1.82) is 0 Å². The molecule has 1 rings (SSSR count). The van der Waals surface area contributed by atoms with Crippen LogP contribution in [0.2, 0.25) is 0 Å². The summed E-state index contributed by atoms with van der Waals surface area (Å²) in [5, 5.41) is 0. The van der Waals surface area contributed by atoms with Crippen molar-refractivity contribution >= 4 is 6.08 Å². The van der Waals surface area contributed by atoms with E-state index in [4.69, 9.17) is 4.74 Å². The molecule has 1 heteroatoms. The molecule has 1 aromatic carbocycles. The zero-order chi connectivity index (χ0) is 9.68. The molecule has 0 aliphatic rings. The molecule has 13 heavy (non-hydrogen) atoms. The first kappa shape index (κ1) is 9.85. The molecule has 0 unspecified atom stereocenters. The Balaban J connectivity index is 3.10. The third-order valence-corrected chi connectivity index (χ3v) is 2.07. The Morgan fingerprint density at radius 3 is 2.77 bits per heavy atom. The minimum absolute atomic E-state index is 0.972. The summed E-state index contributed by atoms with van der Waals surface area (Å²) in [5.41, 5.74) is 2.34. The summed E-state index contributed by atoms with van der Waals surface area (Å²) >= 11 is 0. The fraction of sp³-hybridized carbons (Fsp3) is 0.333. The van der Waals surface area contributed by atoms with E-state index < -0.39 is 0 Å². The summed E-state index contributed by atoms with van der Waals surface area (Å²) in [6.07, 6.45) is 4.03. The van der Waals surface area contributed by atoms with Gasteiger partial charge in [-0.25, -0.2) is 0 Å². The summed E-state index contributed by atoms with van der Waals surface area (Å²) in [6.45, 7) is 5.93. The highest BCUT2D eigenvalue weighted by molar-refractivity contribution is 5.58. The van der Waals surface area contributed by atoms with Gasteiger partial charge in [0.2, 0.25) is 0 Å². The fourth-order valence-corrected chi connectivity index (χ4v) is 1.48. The Morgan fingerprint density at radius 1 is 1.46 bits per heavy atom. The number of hydrogen-bond donors (Lipinski definition) is 0. The van der Waals surface area contributed by atoms with E-state index in [-0.39, 0.29) is 0 Å². The van der Waals surface area contributed by atoms with Gasteiger partial charge in [-0.05, 0) is 12.0 Å². The Labute approximate surface area is 80.0 Å². The van der Waals surface area contributed by atoms with Gasteiger partial charge in [0.15, 0.2) is 0 Å². The van der Waals surface area contributed by atoms with E-state index in [0.29, 0.717) is 0 Å². The summed E-state index contributed by atoms with van der Waals surface area (Å²) in [7, 11) is 1.71. The minimum Gasteiger partial charge on any atom is -0.496 e. The highest BCUT2D eigenvalue weighted by Gasteiger charge is 2.04. The van der Waals surface area contributed by atoms with Crippen molar-refractivity contribution in [2.75, 3.05) is 7.11 Å². The van der Waals surface area contributed by atoms with E-state index in [1.807, 2.05) is 18.2 Å². The lowest BCUT2D eigenvalue weighted by atomic mass is 10.0. The molecule has 0 aromatic heterocycles. The molecule has 1 nitrogen and oxygen atoms in total. The number of aryl methyl sites for hydroxylation is 1. The maximum Gasteiger partial charge on any atom is 0.129 e. The first-order valence-corrected chi connectivity index (χ1v) is 4.61. The Morgan fingerprint density at radius 2 is 2.23 bits per heavy atom. The summed E-state index contributed by atoms with van der Waals surface area (Å²) in [5.74, 6) is 0.972. The SMILES string of the molecule is C=Cc1cccc(CCC)c1OC. The molecule has 1 aromatic rings. The molecule has 70 valence electrons. The second-order valence-electron chi connectivity index (χ2n) is 2.99. The van der Waals surface area contributed by atoms with Crippen LogP contribution in [-0.4, -0.2) is 7.11 Å². The number of hydrogen-bond acceptors (Lipinski definition) is 1. The van der Waals surface area contributed by atoms with E-state index in [1.54, 1.807) is 7.11 Å². The van der Waals surface area contributed by atoms with Crippen molar-refractivity contribution in [2.45, 2.75) is 19.8 Å². The summed E-state index contributed by atoms with van der Waals surface area (Å²) in [6, 6.07) is 6.17. The van der Waals surface area contributed by atoms with Gasteiger partial charge in [0.05, 0.1) is 7.11 Å². The van der Waals surface area contributed by atoms with Crippen molar-refractivity contribution in [3.63, 3.8) is 0 Å². The van der Waals surface area contributed by atoms with Gasteiger partial charge in [-0.15, -0.1) is 0 Å². The standard InChI is InChI=1S/C12H16O/c1-4-7-11-9-6-8-10(5-2)12(11)13-3/h5-6,8-9H,2,4,7H2,1,3H3. The topological polar surface area (TPSA) is 9.23 Å². The molecular weight excluding hydrogens is 160 g/mol. The zero-order valence-electron chi connectivity index (χ0n) is 8.34. The van der Waals surface area contributed by atoms with Gasteiger partial charge in [0.25, 0.3) is 0 Å². The van der Waals surface area contributed by atoms with E-state index in [1.165, 1.54) is 5.56 Å². The molecule has 0 radical (unpaired) electrons. The van der Waals surface area contributed by atoms with E-state index in [2.05, 4.69) is 19.6 Å². The molecule has 0 saturated carbocycles. The Kier molecular flexibility index (Phi) is 3.56. The van der Waals surface area contributed by atoms with Crippen molar-refractivity contribution in [1.82, 2.24) is 0 Å². The normalized spacial score (nSPS) is 9.69. The number of ether oxygens (including phenoxy) is 1. The summed E-state index contributed by atoms with van der Waals surface area (Å²) < 4.78 is 5.35. The van der Waals surface area contributed by atoms with E-state index in [0.717, 1.165) is 24.2 Å². The molecule has 0 fully saturated rings. The van der Waals surface area contributed by atoms with Crippen LogP contribution in [0, 0.1) is 0 Å². The van der Waals surface area contributed by atoms with Crippen molar-refractivity contribution in [3.8, 4) is 5.75 Å². The molecule has 0 bridgehead atoms. The highest BCUT2D eigenvalue weighted by atomic mass is 16.5. The molecule has 0 spiro atoms. The lowest BCUT2D eigenvalue weighted by Gasteiger charge is -2.10. The lowest BCUT2D eigenvalue weighted by Crippen LogP contribution is -1.93. The molecule has 0 heterocycles. The maximum absolute atomic E-state index is 5.35. The molecule has 0 aliphatic carbocycles. The van der Waals surface area contributed by atoms with Crippen LogP contribution in [0.25, 0.3) is 6.08 Å². The second kappa shape index (κ2) is 4.70. The minimum atomic E-state index is 0.972. The van der Waals surface area contributed by atoms with Gasteiger partial charge >= 0.3 is 0 Å². The van der Waals surface area contributed by atoms with Gasteiger partial charge in [-0.1, -0.05) is 44.2 Å². The number of benzene rings is 1. The molecule has 0 atom stereocenters. The van der Waals surface area contributed by atoms with Gasteiger partial charge in [0, 0.05) is 5.56 Å². The number of rotatable bonds is 4. The predicted octanol–water partition coefficient (Wildman–Crippen LogP) is 3.29. The first-order chi connectivity index (χ1) is 6.33. The second-order valence-corrected chi connectivity index (χ2v) is 2.99. The smallest absolute Gasteiger partial charge is 0.129 e. The average molecular weight is 176 g/mol. The third kappa shape index (κ3) is 2.11. The maximum atomic E-state index is 5.35. The van der Waals surface area contributed by atoms with Crippen molar-refractivity contribution < 1.29 is 4.74 Å². The fourth-order valence-electron chi connectivity index (χ4n) is 1.48. The van der Waals surface area contributed by atoms with Gasteiger partial charge in [-0.3, -0.25) is 0 Å². The lowest BCUT2D eigenvalue weighted by molar-refractivity contribution is 0.408. The zero-order valence-corrected chi connectivity index (χ0v) is 8.34. The first-order valence-electron chi connectivity index (χ1n) is 4.61. The van der Waals surface area contributed by atoms with E-state index >= 15 is 0 Å². The predicted molar refractivity (Wildman–Crippen MR) is 57.1 cm³/mol. The van der Waals surface area contributed by atoms with Gasteiger partial charge < -0.3 is 4.74 Å². The van der Waals surface area contributed by atoms with Crippen molar-refractivity contribution in [2.24, 2.45) is 0 Å². The van der Waals surface area contributed by atoms with Crippen LogP contribution in [0.3, 0.4) is 0 Å². The molecule has 0 saturated heterocycles. The van der Waals surface area contributed by atoms with Crippen LogP contribution in [0.5, 0.6) is 5.75 Å².